The molecule has 0 aliphatic carbocycles. The zero-order valence-corrected chi connectivity index (χ0v) is 16.6. The first kappa shape index (κ1) is 19.2. The van der Waals surface area contributed by atoms with E-state index in [1.165, 1.54) is 11.6 Å². The summed E-state index contributed by atoms with van der Waals surface area (Å²) in [5.74, 6) is 1.58. The van der Waals surface area contributed by atoms with Crippen molar-refractivity contribution < 1.29 is 0 Å². The molecule has 0 spiro atoms. The number of unbranched alkanes of at least 4 members (excludes halogenated alkanes) is 1. The molecule has 6 heteroatoms. The third-order valence-corrected chi connectivity index (χ3v) is 5.72. The lowest BCUT2D eigenvalue weighted by Gasteiger charge is -2.21. The van der Waals surface area contributed by atoms with Gasteiger partial charge in [-0.3, -0.25) is 9.89 Å². The van der Waals surface area contributed by atoms with Gasteiger partial charge in [0.25, 0.3) is 0 Å². The van der Waals surface area contributed by atoms with Gasteiger partial charge in [0, 0.05) is 49.8 Å². The van der Waals surface area contributed by atoms with Crippen LogP contribution in [-0.4, -0.2) is 54.6 Å². The van der Waals surface area contributed by atoms with Crippen molar-refractivity contribution in [3.8, 4) is 0 Å². The number of aryl methyl sites for hydroxylation is 2. The molecule has 24 heavy (non-hydrogen) atoms. The highest BCUT2D eigenvalue weighted by Gasteiger charge is 2.31. The van der Waals surface area contributed by atoms with Crippen molar-refractivity contribution in [2.75, 3.05) is 26.7 Å². The maximum absolute atomic E-state index is 4.52. The van der Waals surface area contributed by atoms with E-state index in [4.69, 9.17) is 0 Å². The molecule has 0 aromatic carbocycles. The lowest BCUT2D eigenvalue weighted by Crippen LogP contribution is -2.47. The van der Waals surface area contributed by atoms with Gasteiger partial charge in [0.2, 0.25) is 0 Å². The number of likely N-dealkylation sites (tertiary alicyclic amines) is 1. The minimum Gasteiger partial charge on any atom is -0.356 e. The molecule has 136 valence electrons. The van der Waals surface area contributed by atoms with Crippen molar-refractivity contribution in [2.24, 2.45) is 10.9 Å². The molecule has 2 rings (SSSR count). The molecule has 0 radical (unpaired) electrons. The number of nitrogens with one attached hydrogen (secondary N) is 2. The van der Waals surface area contributed by atoms with E-state index in [1.54, 1.807) is 11.3 Å². The van der Waals surface area contributed by atoms with Crippen LogP contribution in [-0.2, 0) is 6.42 Å². The van der Waals surface area contributed by atoms with Gasteiger partial charge in [-0.2, -0.15) is 0 Å². The topological polar surface area (TPSA) is 52.6 Å². The molecule has 1 aliphatic rings. The van der Waals surface area contributed by atoms with Crippen molar-refractivity contribution in [2.45, 2.75) is 59.0 Å². The molecular formula is C18H33N5S. The second-order valence-electron chi connectivity index (χ2n) is 7.11. The summed E-state index contributed by atoms with van der Waals surface area (Å²) in [5, 5.41) is 10.4. The molecule has 1 aromatic rings. The molecule has 5 nitrogen and oxygen atoms in total. The molecule has 0 bridgehead atoms. The van der Waals surface area contributed by atoms with Gasteiger partial charge >= 0.3 is 0 Å². The fourth-order valence-electron chi connectivity index (χ4n) is 3.11. The standard InChI is InChI=1S/C18H33N5S/c1-13(2)23-10-14(3)16(11-23)22-18(19-5)20-9-7-6-8-17-21-15(4)12-24-17/h12-14,16H,6-11H2,1-5H3,(H2,19,20,22). The number of aliphatic imine (C=N–C) groups is 1. The van der Waals surface area contributed by atoms with Gasteiger partial charge < -0.3 is 10.6 Å². The minimum absolute atomic E-state index is 0.483. The Morgan fingerprint density at radius 2 is 2.21 bits per heavy atom. The zero-order valence-electron chi connectivity index (χ0n) is 15.8. The number of thiazole rings is 1. The van der Waals surface area contributed by atoms with E-state index in [1.807, 2.05) is 7.05 Å². The summed E-state index contributed by atoms with van der Waals surface area (Å²) in [7, 11) is 1.85. The van der Waals surface area contributed by atoms with Crippen LogP contribution < -0.4 is 10.6 Å². The Bertz CT molecular complexity index is 525. The molecule has 2 atom stereocenters. The normalized spacial score (nSPS) is 22.3. The molecule has 0 amide bonds. The smallest absolute Gasteiger partial charge is 0.191 e. The highest BCUT2D eigenvalue weighted by molar-refractivity contribution is 7.09. The second kappa shape index (κ2) is 9.37. The second-order valence-corrected chi connectivity index (χ2v) is 8.06. The first-order valence-electron chi connectivity index (χ1n) is 9.11. The first-order chi connectivity index (χ1) is 11.5. The Morgan fingerprint density at radius 1 is 1.42 bits per heavy atom. The molecule has 2 N–H and O–H groups in total. The van der Waals surface area contributed by atoms with Crippen LogP contribution in [0.5, 0.6) is 0 Å². The van der Waals surface area contributed by atoms with Crippen LogP contribution in [0.15, 0.2) is 10.4 Å². The molecule has 2 heterocycles. The van der Waals surface area contributed by atoms with Gasteiger partial charge in [-0.1, -0.05) is 6.92 Å². The van der Waals surface area contributed by atoms with Gasteiger partial charge in [0.1, 0.15) is 0 Å². The van der Waals surface area contributed by atoms with Crippen LogP contribution in [0.25, 0.3) is 0 Å². The molecule has 1 aromatic heterocycles. The van der Waals surface area contributed by atoms with E-state index in [2.05, 4.69) is 58.6 Å². The van der Waals surface area contributed by atoms with Crippen molar-refractivity contribution >= 4 is 17.3 Å². The van der Waals surface area contributed by atoms with Gasteiger partial charge in [0.05, 0.1) is 5.01 Å². The summed E-state index contributed by atoms with van der Waals surface area (Å²) in [4.78, 5) is 11.4. The lowest BCUT2D eigenvalue weighted by atomic mass is 10.1. The predicted molar refractivity (Wildman–Crippen MR) is 104 cm³/mol. The summed E-state index contributed by atoms with van der Waals surface area (Å²) in [6.07, 6.45) is 3.38. The van der Waals surface area contributed by atoms with E-state index in [9.17, 15) is 0 Å². The monoisotopic (exact) mass is 351 g/mol. The Labute approximate surface area is 151 Å². The van der Waals surface area contributed by atoms with E-state index >= 15 is 0 Å². The van der Waals surface area contributed by atoms with Crippen LogP contribution in [0, 0.1) is 12.8 Å². The van der Waals surface area contributed by atoms with E-state index in [0.29, 0.717) is 18.0 Å². The van der Waals surface area contributed by atoms with Crippen molar-refractivity contribution in [3.63, 3.8) is 0 Å². The van der Waals surface area contributed by atoms with Gasteiger partial charge in [-0.15, -0.1) is 11.3 Å². The van der Waals surface area contributed by atoms with Crippen molar-refractivity contribution in [1.82, 2.24) is 20.5 Å². The summed E-state index contributed by atoms with van der Waals surface area (Å²) in [5.41, 5.74) is 1.14. The lowest BCUT2D eigenvalue weighted by molar-refractivity contribution is 0.265. The van der Waals surface area contributed by atoms with Gasteiger partial charge in [0.15, 0.2) is 5.96 Å². The van der Waals surface area contributed by atoms with Crippen LogP contribution >= 0.6 is 11.3 Å². The predicted octanol–water partition coefficient (Wildman–Crippen LogP) is 2.67. The average molecular weight is 352 g/mol. The molecule has 2 unspecified atom stereocenters. The Kier molecular flexibility index (Phi) is 7.49. The third-order valence-electron chi connectivity index (χ3n) is 4.69. The Morgan fingerprint density at radius 3 is 2.79 bits per heavy atom. The molecule has 0 saturated carbocycles. The summed E-state index contributed by atoms with van der Waals surface area (Å²) < 4.78 is 0. The maximum Gasteiger partial charge on any atom is 0.191 e. The summed E-state index contributed by atoms with van der Waals surface area (Å²) in [6.45, 7) is 12.1. The highest BCUT2D eigenvalue weighted by atomic mass is 32.1. The molecule has 1 aliphatic heterocycles. The fourth-order valence-corrected chi connectivity index (χ4v) is 3.93. The fraction of sp³-hybridized carbons (Fsp3) is 0.778. The van der Waals surface area contributed by atoms with Crippen LogP contribution in [0.4, 0.5) is 0 Å². The first-order valence-corrected chi connectivity index (χ1v) is 9.99. The SMILES string of the molecule is CN=C(NCCCCc1nc(C)cs1)NC1CN(C(C)C)CC1C. The Hall–Kier alpha value is -1.14. The van der Waals surface area contributed by atoms with E-state index in [-0.39, 0.29) is 0 Å². The van der Waals surface area contributed by atoms with Crippen LogP contribution in [0.2, 0.25) is 0 Å². The van der Waals surface area contributed by atoms with Gasteiger partial charge in [-0.25, -0.2) is 4.98 Å². The number of hydrogen-bond acceptors (Lipinski definition) is 4. The zero-order chi connectivity index (χ0) is 17.5. The van der Waals surface area contributed by atoms with Crippen LogP contribution in [0.3, 0.4) is 0 Å². The number of nitrogens with zero attached hydrogens (tertiary/aromatic N) is 3. The van der Waals surface area contributed by atoms with Crippen LogP contribution in [0.1, 0.15) is 44.3 Å². The minimum atomic E-state index is 0.483. The number of hydrogen-bond donors (Lipinski definition) is 2. The summed E-state index contributed by atoms with van der Waals surface area (Å²) in [6, 6.07) is 1.10. The van der Waals surface area contributed by atoms with E-state index < -0.39 is 0 Å². The van der Waals surface area contributed by atoms with Gasteiger partial charge in [-0.05, 0) is 46.0 Å². The number of aromatic nitrogens is 1. The maximum atomic E-state index is 4.52. The molecular weight excluding hydrogens is 318 g/mol. The number of rotatable bonds is 7. The largest absolute Gasteiger partial charge is 0.356 e. The highest BCUT2D eigenvalue weighted by Crippen LogP contribution is 2.18. The molecule has 1 saturated heterocycles. The average Bonchev–Trinajstić information content (AvgIpc) is 3.12. The van der Waals surface area contributed by atoms with E-state index in [0.717, 1.165) is 44.0 Å². The van der Waals surface area contributed by atoms with Crippen molar-refractivity contribution in [3.05, 3.63) is 16.1 Å². The number of guanidine groups is 1. The quantitative estimate of drug-likeness (QED) is 0.450. The molecule has 1 fully saturated rings. The Balaban J connectivity index is 1.65. The summed E-state index contributed by atoms with van der Waals surface area (Å²) >= 11 is 1.77. The van der Waals surface area contributed by atoms with Crippen molar-refractivity contribution in [1.29, 1.82) is 0 Å². The third kappa shape index (κ3) is 5.74.